The molecule has 4 rings (SSSR count). The van der Waals surface area contributed by atoms with E-state index in [9.17, 15) is 0 Å². The Labute approximate surface area is 194 Å². The maximum absolute atomic E-state index is 5.96. The Hall–Kier alpha value is -2.90. The van der Waals surface area contributed by atoms with Crippen LogP contribution in [-0.2, 0) is 19.6 Å². The van der Waals surface area contributed by atoms with E-state index in [0.717, 1.165) is 45.9 Å². The van der Waals surface area contributed by atoms with Crippen LogP contribution in [0.25, 0.3) is 11.4 Å². The number of hydrogen-bond donors (Lipinski definition) is 1. The minimum atomic E-state index is 0.383. The fourth-order valence-electron chi connectivity index (χ4n) is 3.35. The van der Waals surface area contributed by atoms with Crippen LogP contribution in [0.5, 0.6) is 11.5 Å². The predicted octanol–water partition coefficient (Wildman–Crippen LogP) is 6.20. The van der Waals surface area contributed by atoms with Crippen molar-refractivity contribution in [1.82, 2.24) is 14.8 Å². The Bertz CT molecular complexity index is 1200. The third-order valence-electron chi connectivity index (χ3n) is 4.97. The monoisotopic (exact) mass is 495 g/mol. The van der Waals surface area contributed by atoms with Crippen molar-refractivity contribution in [3.8, 4) is 22.9 Å². The highest BCUT2D eigenvalue weighted by Gasteiger charge is 2.13. The van der Waals surface area contributed by atoms with E-state index in [0.29, 0.717) is 11.4 Å². The first-order valence-electron chi connectivity index (χ1n) is 9.89. The van der Waals surface area contributed by atoms with Crippen molar-refractivity contribution in [2.75, 3.05) is 7.11 Å². The molecular weight excluding hydrogens is 474 g/mol. The summed E-state index contributed by atoms with van der Waals surface area (Å²) in [4.78, 5) is 0. The smallest absolute Gasteiger partial charge is 0.195 e. The number of halogens is 1. The molecule has 0 aliphatic rings. The topological polar surface area (TPSA) is 52.1 Å². The third kappa shape index (κ3) is 5.24. The van der Waals surface area contributed by atoms with E-state index >= 15 is 0 Å². The van der Waals surface area contributed by atoms with Crippen molar-refractivity contribution in [3.05, 3.63) is 93.2 Å². The molecule has 3 aromatic carbocycles. The predicted molar refractivity (Wildman–Crippen MR) is 128 cm³/mol. The molecule has 0 aliphatic heterocycles. The number of rotatable bonds is 8. The first kappa shape index (κ1) is 21.3. The second-order valence-corrected chi connectivity index (χ2v) is 8.31. The molecule has 0 radical (unpaired) electrons. The van der Waals surface area contributed by atoms with E-state index in [1.54, 1.807) is 7.11 Å². The Balaban J connectivity index is 1.57. The van der Waals surface area contributed by atoms with Crippen molar-refractivity contribution in [1.29, 1.82) is 0 Å². The molecule has 5 nitrogen and oxygen atoms in total. The lowest BCUT2D eigenvalue weighted by atomic mass is 10.1. The average molecular weight is 496 g/mol. The standard InChI is InChI=1S/C24H22BrN3O2S/c1-29-22-12-7-18(15-19(22)16-30-21-10-8-20(25)9-11-21)23-26-27-24(31)28(23)14-13-17-5-3-2-4-6-17/h2-12,15H,13-14,16H2,1H3,(H,27,31). The maximum Gasteiger partial charge on any atom is 0.195 e. The van der Waals surface area contributed by atoms with Crippen LogP contribution in [0.3, 0.4) is 0 Å². The normalized spacial score (nSPS) is 10.8. The van der Waals surface area contributed by atoms with E-state index in [1.807, 2.05) is 65.2 Å². The summed E-state index contributed by atoms with van der Waals surface area (Å²) in [5, 5.41) is 7.41. The lowest BCUT2D eigenvalue weighted by Gasteiger charge is -2.13. The largest absolute Gasteiger partial charge is 0.496 e. The quantitative estimate of drug-likeness (QED) is 0.295. The molecule has 0 aliphatic carbocycles. The van der Waals surface area contributed by atoms with E-state index in [4.69, 9.17) is 21.7 Å². The van der Waals surface area contributed by atoms with E-state index in [1.165, 1.54) is 5.56 Å². The van der Waals surface area contributed by atoms with Gasteiger partial charge in [0, 0.05) is 22.1 Å². The van der Waals surface area contributed by atoms with E-state index < -0.39 is 0 Å². The molecule has 158 valence electrons. The summed E-state index contributed by atoms with van der Waals surface area (Å²) < 4.78 is 15.2. The van der Waals surface area contributed by atoms with Gasteiger partial charge in [0.25, 0.3) is 0 Å². The number of H-pyrrole nitrogens is 1. The van der Waals surface area contributed by atoms with Gasteiger partial charge in [-0.1, -0.05) is 46.3 Å². The molecule has 0 amide bonds. The molecule has 0 spiro atoms. The fraction of sp³-hybridized carbons (Fsp3) is 0.167. The molecule has 1 N–H and O–H groups in total. The maximum atomic E-state index is 5.96. The Morgan fingerprint density at radius 1 is 1.03 bits per heavy atom. The molecule has 1 aromatic heterocycles. The third-order valence-corrected chi connectivity index (χ3v) is 5.81. The molecule has 0 bridgehead atoms. The highest BCUT2D eigenvalue weighted by Crippen LogP contribution is 2.27. The van der Waals surface area contributed by atoms with E-state index in [-0.39, 0.29) is 0 Å². The van der Waals surface area contributed by atoms with Crippen LogP contribution >= 0.6 is 28.1 Å². The van der Waals surface area contributed by atoms with Crippen molar-refractivity contribution in [2.45, 2.75) is 19.6 Å². The minimum absolute atomic E-state index is 0.383. The molecule has 0 atom stereocenters. The zero-order chi connectivity index (χ0) is 21.6. The van der Waals surface area contributed by atoms with Crippen molar-refractivity contribution in [2.24, 2.45) is 0 Å². The van der Waals surface area contributed by atoms with Crippen LogP contribution in [0.1, 0.15) is 11.1 Å². The molecule has 0 fully saturated rings. The van der Waals surface area contributed by atoms with Crippen LogP contribution in [0, 0.1) is 4.77 Å². The molecule has 0 saturated carbocycles. The number of benzene rings is 3. The zero-order valence-electron chi connectivity index (χ0n) is 17.0. The van der Waals surface area contributed by atoms with Gasteiger partial charge in [0.1, 0.15) is 18.1 Å². The van der Waals surface area contributed by atoms with Crippen molar-refractivity contribution < 1.29 is 9.47 Å². The van der Waals surface area contributed by atoms with Crippen LogP contribution in [0.15, 0.2) is 77.3 Å². The number of hydrogen-bond acceptors (Lipinski definition) is 4. The number of aromatic amines is 1. The van der Waals surface area contributed by atoms with Gasteiger partial charge in [0.15, 0.2) is 10.6 Å². The average Bonchev–Trinajstić information content (AvgIpc) is 3.18. The van der Waals surface area contributed by atoms with Crippen LogP contribution in [0.2, 0.25) is 0 Å². The summed E-state index contributed by atoms with van der Waals surface area (Å²) in [7, 11) is 1.66. The minimum Gasteiger partial charge on any atom is -0.496 e. The van der Waals surface area contributed by atoms with Gasteiger partial charge in [-0.2, -0.15) is 5.10 Å². The number of aromatic nitrogens is 3. The van der Waals surface area contributed by atoms with Gasteiger partial charge in [-0.3, -0.25) is 9.67 Å². The first-order valence-corrected chi connectivity index (χ1v) is 11.1. The number of nitrogens with zero attached hydrogens (tertiary/aromatic N) is 2. The lowest BCUT2D eigenvalue weighted by molar-refractivity contribution is 0.296. The summed E-state index contributed by atoms with van der Waals surface area (Å²) in [6.07, 6.45) is 0.872. The second kappa shape index (κ2) is 9.94. The summed E-state index contributed by atoms with van der Waals surface area (Å²) in [6.45, 7) is 1.12. The number of aryl methyl sites for hydroxylation is 1. The Kier molecular flexibility index (Phi) is 6.84. The van der Waals surface area contributed by atoms with Crippen LogP contribution in [-0.4, -0.2) is 21.9 Å². The fourth-order valence-corrected chi connectivity index (χ4v) is 3.84. The lowest BCUT2D eigenvalue weighted by Crippen LogP contribution is -2.05. The van der Waals surface area contributed by atoms with Gasteiger partial charge >= 0.3 is 0 Å². The SMILES string of the molecule is COc1ccc(-c2n[nH]c(=S)n2CCc2ccccc2)cc1COc1ccc(Br)cc1. The van der Waals surface area contributed by atoms with Gasteiger partial charge in [-0.25, -0.2) is 0 Å². The molecule has 0 unspecified atom stereocenters. The molecule has 0 saturated heterocycles. The summed E-state index contributed by atoms with van der Waals surface area (Å²) in [5.41, 5.74) is 3.15. The second-order valence-electron chi connectivity index (χ2n) is 7.01. The van der Waals surface area contributed by atoms with Gasteiger partial charge in [-0.05, 0) is 66.7 Å². The Morgan fingerprint density at radius 3 is 2.55 bits per heavy atom. The van der Waals surface area contributed by atoms with Gasteiger partial charge in [0.2, 0.25) is 0 Å². The first-order chi connectivity index (χ1) is 15.1. The van der Waals surface area contributed by atoms with E-state index in [2.05, 4.69) is 38.3 Å². The molecule has 4 aromatic rings. The van der Waals surface area contributed by atoms with Gasteiger partial charge in [-0.15, -0.1) is 0 Å². The van der Waals surface area contributed by atoms with Gasteiger partial charge < -0.3 is 9.47 Å². The molecule has 31 heavy (non-hydrogen) atoms. The highest BCUT2D eigenvalue weighted by molar-refractivity contribution is 9.10. The number of ether oxygens (including phenoxy) is 2. The summed E-state index contributed by atoms with van der Waals surface area (Å²) in [5.74, 6) is 2.36. The van der Waals surface area contributed by atoms with Gasteiger partial charge in [0.05, 0.1) is 7.11 Å². The Morgan fingerprint density at radius 2 is 1.81 bits per heavy atom. The van der Waals surface area contributed by atoms with Crippen molar-refractivity contribution >= 4 is 28.1 Å². The molecular formula is C24H22BrN3O2S. The highest BCUT2D eigenvalue weighted by atomic mass is 79.9. The number of nitrogens with one attached hydrogen (secondary N) is 1. The van der Waals surface area contributed by atoms with Crippen LogP contribution in [0.4, 0.5) is 0 Å². The number of methoxy groups -OCH3 is 1. The summed E-state index contributed by atoms with van der Waals surface area (Å²) >= 11 is 8.93. The molecule has 1 heterocycles. The molecule has 7 heteroatoms. The zero-order valence-corrected chi connectivity index (χ0v) is 19.4. The van der Waals surface area contributed by atoms with Crippen molar-refractivity contribution in [3.63, 3.8) is 0 Å². The van der Waals surface area contributed by atoms with Crippen LogP contribution < -0.4 is 9.47 Å². The summed E-state index contributed by atoms with van der Waals surface area (Å²) in [6, 6.07) is 24.1.